The molecule has 5 nitrogen and oxygen atoms in total. The molecule has 0 radical (unpaired) electrons. The zero-order chi connectivity index (χ0) is 13.5. The Hall–Kier alpha value is -1.82. The minimum absolute atomic E-state index is 0.0627. The highest BCUT2D eigenvalue weighted by atomic mass is 32.1. The van der Waals surface area contributed by atoms with Crippen LogP contribution in [0.2, 0.25) is 0 Å². The lowest BCUT2D eigenvalue weighted by molar-refractivity contribution is -0.120. The fourth-order valence-electron chi connectivity index (χ4n) is 1.69. The monoisotopic (exact) mass is 276 g/mol. The molecule has 2 aromatic rings. The molecule has 0 aliphatic rings. The van der Waals surface area contributed by atoms with E-state index >= 15 is 0 Å². The number of carbonyl (C=O) groups is 1. The molecular weight excluding hydrogens is 260 g/mol. The summed E-state index contributed by atoms with van der Waals surface area (Å²) in [4.78, 5) is 11.8. The van der Waals surface area contributed by atoms with Crippen LogP contribution in [-0.4, -0.2) is 32.7 Å². The van der Waals surface area contributed by atoms with Gasteiger partial charge in [-0.05, 0) is 12.0 Å². The zero-order valence-corrected chi connectivity index (χ0v) is 11.3. The van der Waals surface area contributed by atoms with Gasteiger partial charge in [-0.2, -0.15) is 12.6 Å². The molecular formula is C13H16N4OS. The van der Waals surface area contributed by atoms with E-state index in [1.54, 1.807) is 17.1 Å². The molecule has 1 aromatic heterocycles. The van der Waals surface area contributed by atoms with Crippen molar-refractivity contribution in [2.24, 2.45) is 0 Å². The van der Waals surface area contributed by atoms with Gasteiger partial charge in [0, 0.05) is 12.7 Å². The van der Waals surface area contributed by atoms with E-state index in [2.05, 4.69) is 28.3 Å². The summed E-state index contributed by atoms with van der Waals surface area (Å²) in [7, 11) is 0. The average molecular weight is 276 g/mol. The summed E-state index contributed by atoms with van der Waals surface area (Å²) >= 11 is 4.34. The van der Waals surface area contributed by atoms with Crippen LogP contribution in [0.4, 0.5) is 0 Å². The van der Waals surface area contributed by atoms with Crippen molar-refractivity contribution in [3.63, 3.8) is 0 Å². The third-order valence-electron chi connectivity index (χ3n) is 2.69. The lowest BCUT2D eigenvalue weighted by Gasteiger charge is -2.11. The molecule has 0 saturated carbocycles. The third-order valence-corrected chi connectivity index (χ3v) is 3.10. The van der Waals surface area contributed by atoms with Crippen molar-refractivity contribution in [1.82, 2.24) is 20.3 Å². The van der Waals surface area contributed by atoms with E-state index < -0.39 is 0 Å². The van der Waals surface area contributed by atoms with Gasteiger partial charge in [0.25, 0.3) is 0 Å². The second-order valence-corrected chi connectivity index (χ2v) is 4.79. The normalized spacial score (nSPS) is 12.1. The number of benzene rings is 1. The summed E-state index contributed by atoms with van der Waals surface area (Å²) in [5.74, 6) is -0.0627. The Morgan fingerprint density at radius 2 is 2.16 bits per heavy atom. The zero-order valence-electron chi connectivity index (χ0n) is 10.4. The Morgan fingerprint density at radius 1 is 1.37 bits per heavy atom. The topological polar surface area (TPSA) is 59.8 Å². The molecule has 1 atom stereocenters. The number of rotatable bonds is 6. The average Bonchev–Trinajstić information content (AvgIpc) is 2.93. The smallest absolute Gasteiger partial charge is 0.233 e. The van der Waals surface area contributed by atoms with Gasteiger partial charge >= 0.3 is 0 Å². The van der Waals surface area contributed by atoms with Crippen LogP contribution >= 0.6 is 12.6 Å². The van der Waals surface area contributed by atoms with E-state index in [9.17, 15) is 4.79 Å². The molecule has 1 heterocycles. The molecule has 1 aromatic carbocycles. The molecule has 0 spiro atoms. The van der Waals surface area contributed by atoms with Crippen molar-refractivity contribution >= 4 is 18.5 Å². The van der Waals surface area contributed by atoms with Crippen LogP contribution < -0.4 is 5.32 Å². The SMILES string of the molecule is O=C(NCCn1ccnn1)C(S)Cc1ccccc1. The van der Waals surface area contributed by atoms with Gasteiger partial charge in [-0.3, -0.25) is 9.48 Å². The largest absolute Gasteiger partial charge is 0.353 e. The molecule has 1 unspecified atom stereocenters. The van der Waals surface area contributed by atoms with Crippen molar-refractivity contribution in [2.75, 3.05) is 6.54 Å². The third kappa shape index (κ3) is 4.40. The van der Waals surface area contributed by atoms with Crippen molar-refractivity contribution in [3.05, 3.63) is 48.3 Å². The van der Waals surface area contributed by atoms with Crippen LogP contribution in [0.25, 0.3) is 0 Å². The maximum Gasteiger partial charge on any atom is 0.233 e. The maximum absolute atomic E-state index is 11.8. The molecule has 0 fully saturated rings. The number of hydrogen-bond donors (Lipinski definition) is 2. The van der Waals surface area contributed by atoms with E-state index in [1.807, 2.05) is 30.3 Å². The number of thiol groups is 1. The van der Waals surface area contributed by atoms with Crippen molar-refractivity contribution in [3.8, 4) is 0 Å². The molecule has 0 aliphatic carbocycles. The molecule has 2 rings (SSSR count). The predicted octanol–water partition coefficient (Wildman–Crippen LogP) is 0.935. The Kier molecular flexibility index (Phi) is 4.97. The number of carbonyl (C=O) groups excluding carboxylic acids is 1. The quantitative estimate of drug-likeness (QED) is 0.772. The van der Waals surface area contributed by atoms with Crippen LogP contribution in [0.15, 0.2) is 42.7 Å². The summed E-state index contributed by atoms with van der Waals surface area (Å²) in [5.41, 5.74) is 1.11. The lowest BCUT2D eigenvalue weighted by Crippen LogP contribution is -2.34. The van der Waals surface area contributed by atoms with E-state index in [0.717, 1.165) is 5.56 Å². The maximum atomic E-state index is 11.8. The lowest BCUT2D eigenvalue weighted by atomic mass is 10.1. The minimum atomic E-state index is -0.335. The van der Waals surface area contributed by atoms with Gasteiger partial charge in [0.05, 0.1) is 18.0 Å². The van der Waals surface area contributed by atoms with E-state index in [-0.39, 0.29) is 11.2 Å². The molecule has 100 valence electrons. The fraction of sp³-hybridized carbons (Fsp3) is 0.308. The molecule has 0 bridgehead atoms. The Labute approximate surface area is 117 Å². The van der Waals surface area contributed by atoms with Crippen molar-refractivity contribution in [1.29, 1.82) is 0 Å². The molecule has 0 aliphatic heterocycles. The summed E-state index contributed by atoms with van der Waals surface area (Å²) in [5, 5.41) is 10.0. The van der Waals surface area contributed by atoms with E-state index in [4.69, 9.17) is 0 Å². The van der Waals surface area contributed by atoms with Gasteiger partial charge in [0.2, 0.25) is 5.91 Å². The Bertz CT molecular complexity index is 501. The summed E-state index contributed by atoms with van der Waals surface area (Å²) < 4.78 is 1.67. The van der Waals surface area contributed by atoms with Gasteiger partial charge < -0.3 is 5.32 Å². The molecule has 6 heteroatoms. The first-order valence-electron chi connectivity index (χ1n) is 6.09. The van der Waals surface area contributed by atoms with E-state index in [0.29, 0.717) is 19.5 Å². The Morgan fingerprint density at radius 3 is 2.84 bits per heavy atom. The highest BCUT2D eigenvalue weighted by molar-refractivity contribution is 7.81. The number of nitrogens with zero attached hydrogens (tertiary/aromatic N) is 3. The molecule has 1 N–H and O–H groups in total. The first-order valence-corrected chi connectivity index (χ1v) is 6.61. The molecule has 19 heavy (non-hydrogen) atoms. The summed E-state index contributed by atoms with van der Waals surface area (Å²) in [6, 6.07) is 9.85. The van der Waals surface area contributed by atoms with E-state index in [1.165, 1.54) is 0 Å². The van der Waals surface area contributed by atoms with Gasteiger partial charge in [0.1, 0.15) is 0 Å². The highest BCUT2D eigenvalue weighted by Crippen LogP contribution is 2.07. The molecule has 1 amide bonds. The number of aromatic nitrogens is 3. The van der Waals surface area contributed by atoms with Crippen molar-refractivity contribution < 1.29 is 4.79 Å². The molecule has 0 saturated heterocycles. The first-order chi connectivity index (χ1) is 9.25. The van der Waals surface area contributed by atoms with Crippen LogP contribution in [0.5, 0.6) is 0 Å². The first kappa shape index (κ1) is 13.6. The van der Waals surface area contributed by atoms with Crippen LogP contribution in [0.1, 0.15) is 5.56 Å². The number of hydrogen-bond acceptors (Lipinski definition) is 4. The summed E-state index contributed by atoms with van der Waals surface area (Å²) in [6.07, 6.45) is 3.99. The van der Waals surface area contributed by atoms with Gasteiger partial charge in [-0.15, -0.1) is 5.10 Å². The van der Waals surface area contributed by atoms with Gasteiger partial charge in [0.15, 0.2) is 0 Å². The van der Waals surface area contributed by atoms with Crippen LogP contribution in [0.3, 0.4) is 0 Å². The Balaban J connectivity index is 1.73. The second kappa shape index (κ2) is 6.94. The second-order valence-electron chi connectivity index (χ2n) is 4.16. The van der Waals surface area contributed by atoms with Gasteiger partial charge in [-0.1, -0.05) is 35.5 Å². The minimum Gasteiger partial charge on any atom is -0.353 e. The standard InChI is InChI=1S/C13H16N4OS/c18-13(14-6-8-17-9-7-15-16-17)12(19)10-11-4-2-1-3-5-11/h1-5,7,9,12,19H,6,8,10H2,(H,14,18). The van der Waals surface area contributed by atoms with Crippen LogP contribution in [-0.2, 0) is 17.8 Å². The number of nitrogens with one attached hydrogen (secondary N) is 1. The van der Waals surface area contributed by atoms with Crippen molar-refractivity contribution in [2.45, 2.75) is 18.2 Å². The summed E-state index contributed by atoms with van der Waals surface area (Å²) in [6.45, 7) is 1.13. The van der Waals surface area contributed by atoms with Gasteiger partial charge in [-0.25, -0.2) is 0 Å². The number of amides is 1. The van der Waals surface area contributed by atoms with Crippen LogP contribution in [0, 0.1) is 0 Å². The highest BCUT2D eigenvalue weighted by Gasteiger charge is 2.13. The fourth-order valence-corrected chi connectivity index (χ4v) is 2.00. The predicted molar refractivity (Wildman–Crippen MR) is 76.0 cm³/mol.